The molecular formula is C13H22N4O. The molecule has 0 aromatic carbocycles. The monoisotopic (exact) mass is 250 g/mol. The molecule has 0 aliphatic rings. The highest BCUT2D eigenvalue weighted by atomic mass is 16.1. The molecule has 5 nitrogen and oxygen atoms in total. The molecule has 0 fully saturated rings. The van der Waals surface area contributed by atoms with E-state index in [0.717, 1.165) is 31.7 Å². The molecule has 0 spiro atoms. The second kappa shape index (κ2) is 9.41. The number of hydrogen-bond acceptors (Lipinski definition) is 4. The first-order valence-corrected chi connectivity index (χ1v) is 6.39. The van der Waals surface area contributed by atoms with E-state index in [4.69, 9.17) is 0 Å². The number of hydrogen-bond donors (Lipinski definition) is 3. The van der Waals surface area contributed by atoms with E-state index in [0.29, 0.717) is 13.0 Å². The van der Waals surface area contributed by atoms with Gasteiger partial charge in [0.1, 0.15) is 5.82 Å². The molecule has 5 heteroatoms. The molecule has 1 aromatic rings. The second-order valence-corrected chi connectivity index (χ2v) is 4.05. The molecular weight excluding hydrogens is 228 g/mol. The number of nitrogens with zero attached hydrogens (tertiary/aromatic N) is 1. The summed E-state index contributed by atoms with van der Waals surface area (Å²) >= 11 is 0. The minimum atomic E-state index is 0.128. The molecule has 0 saturated heterocycles. The van der Waals surface area contributed by atoms with Crippen molar-refractivity contribution in [1.82, 2.24) is 15.6 Å². The Labute approximate surface area is 108 Å². The molecule has 0 saturated carbocycles. The van der Waals surface area contributed by atoms with E-state index in [1.54, 1.807) is 6.20 Å². The van der Waals surface area contributed by atoms with E-state index in [1.165, 1.54) is 0 Å². The normalized spacial score (nSPS) is 10.1. The summed E-state index contributed by atoms with van der Waals surface area (Å²) in [5.41, 5.74) is 0. The van der Waals surface area contributed by atoms with Crippen LogP contribution in [0.15, 0.2) is 24.4 Å². The lowest BCUT2D eigenvalue weighted by Gasteiger charge is -2.06. The standard InChI is InChI=1S/C13H22N4O/c1-14-8-4-7-13(18)17-11-5-10-16-12-6-2-3-9-15-12/h2-3,6,9,14H,4-5,7-8,10-11H2,1H3,(H,15,16)(H,17,18). The molecule has 1 heterocycles. The predicted molar refractivity (Wildman–Crippen MR) is 73.5 cm³/mol. The highest BCUT2D eigenvalue weighted by molar-refractivity contribution is 5.75. The number of carbonyl (C=O) groups excluding carboxylic acids is 1. The molecule has 1 amide bonds. The van der Waals surface area contributed by atoms with E-state index in [9.17, 15) is 4.79 Å². The molecule has 100 valence electrons. The van der Waals surface area contributed by atoms with Crippen molar-refractivity contribution in [2.24, 2.45) is 0 Å². The SMILES string of the molecule is CNCCCC(=O)NCCCNc1ccccn1. The minimum absolute atomic E-state index is 0.128. The van der Waals surface area contributed by atoms with Gasteiger partial charge in [0.25, 0.3) is 0 Å². The molecule has 0 unspecified atom stereocenters. The summed E-state index contributed by atoms with van der Waals surface area (Å²) in [5, 5.41) is 9.12. The quantitative estimate of drug-likeness (QED) is 0.572. The van der Waals surface area contributed by atoms with Crippen molar-refractivity contribution in [3.8, 4) is 0 Å². The molecule has 3 N–H and O–H groups in total. The number of amides is 1. The first-order chi connectivity index (χ1) is 8.83. The van der Waals surface area contributed by atoms with Crippen LogP contribution in [-0.2, 0) is 4.79 Å². The average Bonchev–Trinajstić information content (AvgIpc) is 2.40. The molecule has 0 bridgehead atoms. The number of pyridine rings is 1. The molecule has 0 radical (unpaired) electrons. The number of carbonyl (C=O) groups is 1. The van der Waals surface area contributed by atoms with Crippen LogP contribution in [0.2, 0.25) is 0 Å². The zero-order chi connectivity index (χ0) is 13.1. The summed E-state index contributed by atoms with van der Waals surface area (Å²) < 4.78 is 0. The summed E-state index contributed by atoms with van der Waals surface area (Å²) in [4.78, 5) is 15.5. The highest BCUT2D eigenvalue weighted by Gasteiger charge is 1.99. The first-order valence-electron chi connectivity index (χ1n) is 6.39. The van der Waals surface area contributed by atoms with Gasteiger partial charge < -0.3 is 16.0 Å². The largest absolute Gasteiger partial charge is 0.370 e. The molecule has 0 aliphatic heterocycles. The van der Waals surface area contributed by atoms with Crippen LogP contribution < -0.4 is 16.0 Å². The highest BCUT2D eigenvalue weighted by Crippen LogP contribution is 1.98. The van der Waals surface area contributed by atoms with Crippen LogP contribution in [0.3, 0.4) is 0 Å². The molecule has 18 heavy (non-hydrogen) atoms. The fourth-order valence-electron chi connectivity index (χ4n) is 1.51. The third kappa shape index (κ3) is 6.85. The van der Waals surface area contributed by atoms with Gasteiger partial charge in [0, 0.05) is 25.7 Å². The van der Waals surface area contributed by atoms with E-state index in [-0.39, 0.29) is 5.91 Å². The van der Waals surface area contributed by atoms with Gasteiger partial charge in [-0.3, -0.25) is 4.79 Å². The summed E-state index contributed by atoms with van der Waals surface area (Å²) in [6, 6.07) is 5.76. The van der Waals surface area contributed by atoms with Crippen LogP contribution in [0.25, 0.3) is 0 Å². The Hall–Kier alpha value is -1.62. The van der Waals surface area contributed by atoms with E-state index in [2.05, 4.69) is 20.9 Å². The van der Waals surface area contributed by atoms with Crippen molar-refractivity contribution in [2.45, 2.75) is 19.3 Å². The van der Waals surface area contributed by atoms with Crippen molar-refractivity contribution in [3.63, 3.8) is 0 Å². The topological polar surface area (TPSA) is 66.1 Å². The van der Waals surface area contributed by atoms with Gasteiger partial charge in [0.05, 0.1) is 0 Å². The van der Waals surface area contributed by atoms with Gasteiger partial charge in [-0.1, -0.05) is 6.07 Å². The lowest BCUT2D eigenvalue weighted by atomic mass is 10.3. The predicted octanol–water partition coefficient (Wildman–Crippen LogP) is 0.999. The summed E-state index contributed by atoms with van der Waals surface area (Å²) in [5.74, 6) is 1.00. The van der Waals surface area contributed by atoms with E-state index in [1.807, 2.05) is 25.2 Å². The zero-order valence-corrected chi connectivity index (χ0v) is 10.9. The Morgan fingerprint density at radius 3 is 2.83 bits per heavy atom. The molecule has 1 aromatic heterocycles. The summed E-state index contributed by atoms with van der Waals surface area (Å²) in [6.07, 6.45) is 4.13. The maximum atomic E-state index is 11.4. The van der Waals surface area contributed by atoms with Crippen LogP contribution in [0, 0.1) is 0 Å². The van der Waals surface area contributed by atoms with Crippen LogP contribution in [0.1, 0.15) is 19.3 Å². The fraction of sp³-hybridized carbons (Fsp3) is 0.538. The third-order valence-corrected chi connectivity index (χ3v) is 2.48. The molecule has 0 atom stereocenters. The van der Waals surface area contributed by atoms with E-state index >= 15 is 0 Å². The third-order valence-electron chi connectivity index (χ3n) is 2.48. The van der Waals surface area contributed by atoms with Crippen molar-refractivity contribution in [3.05, 3.63) is 24.4 Å². The lowest BCUT2D eigenvalue weighted by Crippen LogP contribution is -2.26. The number of nitrogens with one attached hydrogen (secondary N) is 3. The van der Waals surface area contributed by atoms with Gasteiger partial charge in [-0.15, -0.1) is 0 Å². The zero-order valence-electron chi connectivity index (χ0n) is 10.9. The van der Waals surface area contributed by atoms with Crippen molar-refractivity contribution in [2.75, 3.05) is 32.0 Å². The maximum absolute atomic E-state index is 11.4. The van der Waals surface area contributed by atoms with Gasteiger partial charge in [-0.2, -0.15) is 0 Å². The first kappa shape index (κ1) is 14.4. The van der Waals surface area contributed by atoms with Gasteiger partial charge in [-0.25, -0.2) is 4.98 Å². The Morgan fingerprint density at radius 2 is 2.11 bits per heavy atom. The van der Waals surface area contributed by atoms with Crippen molar-refractivity contribution >= 4 is 11.7 Å². The van der Waals surface area contributed by atoms with Gasteiger partial charge in [0.2, 0.25) is 5.91 Å². The van der Waals surface area contributed by atoms with Crippen LogP contribution >= 0.6 is 0 Å². The van der Waals surface area contributed by atoms with Crippen LogP contribution in [0.4, 0.5) is 5.82 Å². The van der Waals surface area contributed by atoms with Crippen molar-refractivity contribution < 1.29 is 4.79 Å². The van der Waals surface area contributed by atoms with Crippen LogP contribution in [-0.4, -0.2) is 37.6 Å². The number of anilines is 1. The second-order valence-electron chi connectivity index (χ2n) is 4.05. The van der Waals surface area contributed by atoms with Crippen molar-refractivity contribution in [1.29, 1.82) is 0 Å². The maximum Gasteiger partial charge on any atom is 0.220 e. The Morgan fingerprint density at radius 1 is 1.22 bits per heavy atom. The Kier molecular flexibility index (Phi) is 7.55. The summed E-state index contributed by atoms with van der Waals surface area (Å²) in [7, 11) is 1.89. The number of aromatic nitrogens is 1. The Balaban J connectivity index is 1.97. The molecule has 0 aliphatic carbocycles. The minimum Gasteiger partial charge on any atom is -0.370 e. The smallest absolute Gasteiger partial charge is 0.220 e. The molecule has 1 rings (SSSR count). The van der Waals surface area contributed by atoms with Gasteiger partial charge >= 0.3 is 0 Å². The number of rotatable bonds is 9. The van der Waals surface area contributed by atoms with Gasteiger partial charge in [0.15, 0.2) is 0 Å². The van der Waals surface area contributed by atoms with Gasteiger partial charge in [-0.05, 0) is 38.6 Å². The average molecular weight is 250 g/mol. The lowest BCUT2D eigenvalue weighted by molar-refractivity contribution is -0.121. The van der Waals surface area contributed by atoms with E-state index < -0.39 is 0 Å². The summed E-state index contributed by atoms with van der Waals surface area (Å²) in [6.45, 7) is 2.40. The van der Waals surface area contributed by atoms with Crippen LogP contribution in [0.5, 0.6) is 0 Å². The fourth-order valence-corrected chi connectivity index (χ4v) is 1.51. The Bertz CT molecular complexity index is 329.